The lowest BCUT2D eigenvalue weighted by molar-refractivity contribution is 0.670. The lowest BCUT2D eigenvalue weighted by Crippen LogP contribution is -2.05. The summed E-state index contributed by atoms with van der Waals surface area (Å²) in [6.07, 6.45) is 0. The van der Waals surface area contributed by atoms with E-state index < -0.39 is 0 Å². The highest BCUT2D eigenvalue weighted by Gasteiger charge is 2.30. The predicted octanol–water partition coefficient (Wildman–Crippen LogP) is 10.5. The molecule has 0 radical (unpaired) electrons. The van der Waals surface area contributed by atoms with Gasteiger partial charge in [0.15, 0.2) is 5.82 Å². The van der Waals surface area contributed by atoms with Crippen molar-refractivity contribution in [1.29, 1.82) is 0 Å². The third kappa shape index (κ3) is 3.11. The first-order valence-electron chi connectivity index (χ1n) is 14.9. The van der Waals surface area contributed by atoms with E-state index >= 15 is 0 Å². The van der Waals surface area contributed by atoms with Gasteiger partial charge in [0.05, 0.1) is 22.3 Å². The van der Waals surface area contributed by atoms with Crippen LogP contribution in [0.1, 0.15) is 0 Å². The van der Waals surface area contributed by atoms with Crippen molar-refractivity contribution in [2.45, 2.75) is 0 Å². The molecule has 0 saturated carbocycles. The van der Waals surface area contributed by atoms with Crippen LogP contribution in [-0.2, 0) is 0 Å². The summed E-state index contributed by atoms with van der Waals surface area (Å²) in [6.45, 7) is 0. The van der Waals surface area contributed by atoms with Crippen LogP contribution in [-0.4, -0.2) is 14.5 Å². The van der Waals surface area contributed by atoms with Crippen molar-refractivity contribution in [3.8, 4) is 50.7 Å². The highest BCUT2D eigenvalue weighted by molar-refractivity contribution is 6.17. The number of rotatable bonds is 2. The van der Waals surface area contributed by atoms with Gasteiger partial charge >= 0.3 is 0 Å². The SMILES string of the molecule is c1ccc(-c2nc(-c3cccc4c3oc3ccccc34)c3c(n2)-n2c4ccccc4c4cccc(c42)-c2ccccc2-3)cc1. The highest BCUT2D eigenvalue weighted by atomic mass is 16.3. The quantitative estimate of drug-likeness (QED) is 0.211. The fraction of sp³-hybridized carbons (Fsp3) is 0. The number of furan rings is 1. The maximum atomic E-state index is 6.60. The largest absolute Gasteiger partial charge is 0.455 e. The summed E-state index contributed by atoms with van der Waals surface area (Å²) in [6, 6.07) is 48.8. The van der Waals surface area contributed by atoms with E-state index in [-0.39, 0.29) is 0 Å². The van der Waals surface area contributed by atoms with E-state index in [1.54, 1.807) is 0 Å². The van der Waals surface area contributed by atoms with E-state index in [1.165, 1.54) is 16.3 Å². The Labute approximate surface area is 252 Å². The molecule has 6 aromatic carbocycles. The molecule has 0 atom stereocenters. The maximum Gasteiger partial charge on any atom is 0.162 e. The second kappa shape index (κ2) is 8.76. The normalized spacial score (nSPS) is 12.1. The smallest absolute Gasteiger partial charge is 0.162 e. The van der Waals surface area contributed by atoms with E-state index in [1.807, 2.05) is 30.3 Å². The van der Waals surface area contributed by atoms with E-state index in [9.17, 15) is 0 Å². The summed E-state index contributed by atoms with van der Waals surface area (Å²) in [5.74, 6) is 1.54. The van der Waals surface area contributed by atoms with Gasteiger partial charge in [-0.1, -0.05) is 121 Å². The highest BCUT2D eigenvalue weighted by Crippen LogP contribution is 2.50. The van der Waals surface area contributed by atoms with Crippen molar-refractivity contribution in [2.75, 3.05) is 0 Å². The zero-order chi connectivity index (χ0) is 28.8. The summed E-state index contributed by atoms with van der Waals surface area (Å²) >= 11 is 0. The molecule has 204 valence electrons. The lowest BCUT2D eigenvalue weighted by Gasteiger charge is -2.18. The number of hydrogen-bond acceptors (Lipinski definition) is 3. The van der Waals surface area contributed by atoms with E-state index in [0.717, 1.165) is 72.3 Å². The van der Waals surface area contributed by atoms with Gasteiger partial charge in [-0.25, -0.2) is 9.97 Å². The van der Waals surface area contributed by atoms with Crippen LogP contribution in [0, 0.1) is 0 Å². The lowest BCUT2D eigenvalue weighted by atomic mass is 9.91. The minimum atomic E-state index is 0.676. The van der Waals surface area contributed by atoms with E-state index in [2.05, 4.69) is 114 Å². The minimum absolute atomic E-state index is 0.676. The predicted molar refractivity (Wildman–Crippen MR) is 179 cm³/mol. The number of hydrogen-bond donors (Lipinski definition) is 0. The van der Waals surface area contributed by atoms with Crippen LogP contribution >= 0.6 is 0 Å². The van der Waals surface area contributed by atoms with Crippen molar-refractivity contribution in [1.82, 2.24) is 14.5 Å². The summed E-state index contributed by atoms with van der Waals surface area (Å²) in [5, 5.41) is 4.58. The zero-order valence-corrected chi connectivity index (χ0v) is 23.5. The Morgan fingerprint density at radius 2 is 1.14 bits per heavy atom. The third-order valence-electron chi connectivity index (χ3n) is 8.97. The molecule has 1 aliphatic rings. The Morgan fingerprint density at radius 3 is 2.02 bits per heavy atom. The number of aromatic nitrogens is 3. The summed E-state index contributed by atoms with van der Waals surface area (Å²) in [7, 11) is 0. The van der Waals surface area contributed by atoms with Crippen molar-refractivity contribution in [3.05, 3.63) is 140 Å². The Morgan fingerprint density at radius 1 is 0.477 bits per heavy atom. The zero-order valence-electron chi connectivity index (χ0n) is 23.5. The molecule has 0 unspecified atom stereocenters. The van der Waals surface area contributed by atoms with Crippen LogP contribution in [0.15, 0.2) is 144 Å². The number of nitrogens with zero attached hydrogens (tertiary/aromatic N) is 3. The second-order valence-electron chi connectivity index (χ2n) is 11.3. The van der Waals surface area contributed by atoms with Crippen molar-refractivity contribution >= 4 is 43.7 Å². The molecule has 9 aromatic rings. The molecule has 0 bridgehead atoms. The Kier molecular flexibility index (Phi) is 4.69. The fourth-order valence-electron chi connectivity index (χ4n) is 7.10. The number of fused-ring (bicyclic) bond motifs is 11. The first-order valence-corrected chi connectivity index (χ1v) is 14.9. The average molecular weight is 562 g/mol. The molecule has 4 heterocycles. The molecule has 0 aliphatic carbocycles. The van der Waals surface area contributed by atoms with Crippen molar-refractivity contribution < 1.29 is 4.42 Å². The maximum absolute atomic E-state index is 6.60. The molecule has 44 heavy (non-hydrogen) atoms. The first-order chi connectivity index (χ1) is 21.8. The summed E-state index contributed by atoms with van der Waals surface area (Å²) < 4.78 is 8.95. The molecule has 4 heteroatoms. The van der Waals surface area contributed by atoms with Crippen LogP contribution in [0.4, 0.5) is 0 Å². The molecular formula is C40H23N3O. The van der Waals surface area contributed by atoms with Gasteiger partial charge in [0.2, 0.25) is 0 Å². The number of benzene rings is 6. The number of para-hydroxylation sites is 4. The van der Waals surface area contributed by atoms with Crippen LogP contribution in [0.5, 0.6) is 0 Å². The molecule has 0 saturated heterocycles. The molecule has 0 amide bonds. The van der Waals surface area contributed by atoms with E-state index in [0.29, 0.717) is 5.82 Å². The minimum Gasteiger partial charge on any atom is -0.455 e. The van der Waals surface area contributed by atoms with Crippen molar-refractivity contribution in [2.24, 2.45) is 0 Å². The Hall–Kier alpha value is -6.00. The molecule has 4 nitrogen and oxygen atoms in total. The first kappa shape index (κ1) is 23.6. The van der Waals surface area contributed by atoms with Gasteiger partial charge in [-0.3, -0.25) is 4.57 Å². The van der Waals surface area contributed by atoms with E-state index in [4.69, 9.17) is 14.4 Å². The van der Waals surface area contributed by atoms with Gasteiger partial charge in [0, 0.05) is 38.2 Å². The molecule has 3 aromatic heterocycles. The molecular weight excluding hydrogens is 538 g/mol. The molecule has 0 fully saturated rings. The molecule has 10 rings (SSSR count). The fourth-order valence-corrected chi connectivity index (χ4v) is 7.10. The van der Waals surface area contributed by atoms with Crippen LogP contribution in [0.2, 0.25) is 0 Å². The summed E-state index contributed by atoms with van der Waals surface area (Å²) in [4.78, 5) is 10.8. The Balaban J connectivity index is 1.45. The molecule has 0 N–H and O–H groups in total. The van der Waals surface area contributed by atoms with Gasteiger partial charge in [-0.2, -0.15) is 0 Å². The Bertz CT molecular complexity index is 2610. The molecule has 0 spiro atoms. The topological polar surface area (TPSA) is 43.9 Å². The average Bonchev–Trinajstić information content (AvgIpc) is 3.60. The second-order valence-corrected chi connectivity index (χ2v) is 11.3. The standard InChI is InChI=1S/C40H23N3O/c1-2-12-24(13-3-1)39-41-36(32-21-11-20-31-27-16-7-9-23-34(27)44-38(31)32)35-28-17-5-4-14-25(28)29-18-10-19-30-26-15-6-8-22-33(26)43(37(29)30)40(35)42-39/h1-23H. The van der Waals surface area contributed by atoms with Crippen LogP contribution < -0.4 is 0 Å². The van der Waals surface area contributed by atoms with Crippen molar-refractivity contribution in [3.63, 3.8) is 0 Å². The van der Waals surface area contributed by atoms with Crippen LogP contribution in [0.3, 0.4) is 0 Å². The van der Waals surface area contributed by atoms with Gasteiger partial charge < -0.3 is 4.42 Å². The summed E-state index contributed by atoms with van der Waals surface area (Å²) in [5.41, 5.74) is 11.2. The van der Waals surface area contributed by atoms with Gasteiger partial charge in [0.25, 0.3) is 0 Å². The van der Waals surface area contributed by atoms with Gasteiger partial charge in [0.1, 0.15) is 17.0 Å². The van der Waals surface area contributed by atoms with Gasteiger partial charge in [-0.15, -0.1) is 0 Å². The third-order valence-corrected chi connectivity index (χ3v) is 8.97. The van der Waals surface area contributed by atoms with Gasteiger partial charge in [-0.05, 0) is 29.3 Å². The monoisotopic (exact) mass is 561 g/mol. The molecule has 1 aliphatic heterocycles. The van der Waals surface area contributed by atoms with Crippen LogP contribution in [0.25, 0.3) is 94.5 Å².